The van der Waals surface area contributed by atoms with Crippen molar-refractivity contribution in [1.29, 1.82) is 0 Å². The zero-order valence-electron chi connectivity index (χ0n) is 24.8. The SMILES string of the molecule is NC(N)=NCCCC(NC(=O)C1CCCN1C(=O)C(Cc1c[nH]c2ccccc12)NC(=O)C(N)Cc1ccc(O)cc1)C(=O)O. The smallest absolute Gasteiger partial charge is 0.326 e. The highest BCUT2D eigenvalue weighted by Gasteiger charge is 2.39. The highest BCUT2D eigenvalue weighted by Crippen LogP contribution is 2.23. The zero-order chi connectivity index (χ0) is 32.5. The summed E-state index contributed by atoms with van der Waals surface area (Å²) in [7, 11) is 0. The fraction of sp³-hybridized carbons (Fsp3) is 0.387. The van der Waals surface area contributed by atoms with E-state index in [9.17, 15) is 29.4 Å². The van der Waals surface area contributed by atoms with E-state index in [4.69, 9.17) is 17.2 Å². The molecule has 14 heteroatoms. The molecule has 4 atom stereocenters. The number of benzene rings is 2. The molecule has 1 aromatic heterocycles. The van der Waals surface area contributed by atoms with E-state index >= 15 is 0 Å². The van der Waals surface area contributed by atoms with Gasteiger partial charge in [-0.15, -0.1) is 0 Å². The van der Waals surface area contributed by atoms with E-state index < -0.39 is 47.9 Å². The molecular formula is C31H40N8O6. The molecule has 4 unspecified atom stereocenters. The molecule has 240 valence electrons. The average molecular weight is 621 g/mol. The van der Waals surface area contributed by atoms with Gasteiger partial charge in [0.2, 0.25) is 17.7 Å². The number of aliphatic carboxylic acids is 1. The van der Waals surface area contributed by atoms with Crippen LogP contribution in [-0.2, 0) is 32.0 Å². The summed E-state index contributed by atoms with van der Waals surface area (Å²) in [6, 6.07) is 9.76. The number of nitrogens with one attached hydrogen (secondary N) is 3. The number of aromatic hydroxyl groups is 1. The number of carbonyl (C=O) groups is 4. The Kier molecular flexibility index (Phi) is 11.0. The quantitative estimate of drug-likeness (QED) is 0.0690. The van der Waals surface area contributed by atoms with Crippen LogP contribution in [0.15, 0.2) is 59.7 Å². The van der Waals surface area contributed by atoms with Crippen molar-refractivity contribution in [1.82, 2.24) is 20.5 Å². The van der Waals surface area contributed by atoms with Crippen molar-refractivity contribution < 1.29 is 29.4 Å². The summed E-state index contributed by atoms with van der Waals surface area (Å²) >= 11 is 0. The molecule has 0 spiro atoms. The molecule has 2 heterocycles. The number of H-pyrrole nitrogens is 1. The van der Waals surface area contributed by atoms with Crippen molar-refractivity contribution >= 4 is 40.6 Å². The third-order valence-corrected chi connectivity index (χ3v) is 7.84. The lowest BCUT2D eigenvalue weighted by molar-refractivity contribution is -0.145. The summed E-state index contributed by atoms with van der Waals surface area (Å²) in [5.74, 6) is -2.84. The van der Waals surface area contributed by atoms with E-state index in [2.05, 4.69) is 20.6 Å². The molecule has 45 heavy (non-hydrogen) atoms. The van der Waals surface area contributed by atoms with Gasteiger partial charge >= 0.3 is 5.97 Å². The number of aromatic nitrogens is 1. The Balaban J connectivity index is 1.50. The molecule has 1 aliphatic heterocycles. The molecule has 0 bridgehead atoms. The number of aliphatic imine (C=N–C) groups is 1. The Morgan fingerprint density at radius 3 is 2.47 bits per heavy atom. The lowest BCUT2D eigenvalue weighted by atomic mass is 10.0. The Hall–Kier alpha value is -5.11. The van der Waals surface area contributed by atoms with Crippen molar-refractivity contribution in [3.63, 3.8) is 0 Å². The number of guanidine groups is 1. The lowest BCUT2D eigenvalue weighted by Crippen LogP contribution is -2.57. The molecular weight excluding hydrogens is 580 g/mol. The lowest BCUT2D eigenvalue weighted by Gasteiger charge is -2.30. The Morgan fingerprint density at radius 1 is 1.02 bits per heavy atom. The minimum atomic E-state index is -1.21. The van der Waals surface area contributed by atoms with Crippen LogP contribution in [0.1, 0.15) is 36.8 Å². The Bertz CT molecular complexity index is 1530. The monoisotopic (exact) mass is 620 g/mol. The normalized spacial score (nSPS) is 16.5. The number of phenolic OH excluding ortho intramolecular Hbond substituents is 1. The van der Waals surface area contributed by atoms with Gasteiger partial charge in [0.05, 0.1) is 6.04 Å². The van der Waals surface area contributed by atoms with E-state index in [0.717, 1.165) is 22.0 Å². The Labute approximate surface area is 260 Å². The maximum absolute atomic E-state index is 14.1. The minimum absolute atomic E-state index is 0.0889. The van der Waals surface area contributed by atoms with Crippen LogP contribution in [0.4, 0.5) is 0 Å². The van der Waals surface area contributed by atoms with Gasteiger partial charge in [-0.3, -0.25) is 19.4 Å². The number of carboxylic acid groups (broad SMARTS) is 1. The number of aromatic amines is 1. The second kappa shape index (κ2) is 15.1. The van der Waals surface area contributed by atoms with Crippen LogP contribution >= 0.6 is 0 Å². The van der Waals surface area contributed by atoms with E-state index in [1.165, 1.54) is 17.0 Å². The molecule has 4 rings (SSSR count). The Morgan fingerprint density at radius 2 is 1.76 bits per heavy atom. The predicted octanol–water partition coefficient (Wildman–Crippen LogP) is 0.0848. The summed E-state index contributed by atoms with van der Waals surface area (Å²) in [4.78, 5) is 61.0. The van der Waals surface area contributed by atoms with Gasteiger partial charge in [0, 0.05) is 36.6 Å². The predicted molar refractivity (Wildman–Crippen MR) is 168 cm³/mol. The van der Waals surface area contributed by atoms with Gasteiger partial charge in [0.1, 0.15) is 23.9 Å². The fourth-order valence-corrected chi connectivity index (χ4v) is 5.51. The third kappa shape index (κ3) is 8.72. The van der Waals surface area contributed by atoms with Crippen LogP contribution in [0.25, 0.3) is 10.9 Å². The van der Waals surface area contributed by atoms with Gasteiger partial charge in [-0.25, -0.2) is 4.79 Å². The summed E-state index contributed by atoms with van der Waals surface area (Å²) < 4.78 is 0. The number of nitrogens with zero attached hydrogens (tertiary/aromatic N) is 2. The summed E-state index contributed by atoms with van der Waals surface area (Å²) in [5.41, 5.74) is 19.3. The maximum Gasteiger partial charge on any atom is 0.326 e. The topological polar surface area (TPSA) is 242 Å². The van der Waals surface area contributed by atoms with Gasteiger partial charge in [-0.05, 0) is 61.4 Å². The van der Waals surface area contributed by atoms with Crippen molar-refractivity contribution in [2.45, 2.75) is 62.7 Å². The minimum Gasteiger partial charge on any atom is -0.508 e. The average Bonchev–Trinajstić information content (AvgIpc) is 3.66. The second-order valence-electron chi connectivity index (χ2n) is 11.1. The molecule has 0 aliphatic carbocycles. The van der Waals surface area contributed by atoms with Crippen LogP contribution in [0, 0.1) is 0 Å². The van der Waals surface area contributed by atoms with E-state index in [-0.39, 0.29) is 44.1 Å². The number of carboxylic acids is 1. The van der Waals surface area contributed by atoms with Gasteiger partial charge in [-0.2, -0.15) is 0 Å². The van der Waals surface area contributed by atoms with Crippen LogP contribution in [0.5, 0.6) is 5.75 Å². The van der Waals surface area contributed by atoms with Gasteiger partial charge in [0.15, 0.2) is 5.96 Å². The van der Waals surface area contributed by atoms with Crippen molar-refractivity contribution in [2.75, 3.05) is 13.1 Å². The van der Waals surface area contributed by atoms with Crippen LogP contribution < -0.4 is 27.8 Å². The van der Waals surface area contributed by atoms with Crippen molar-refractivity contribution in [3.05, 3.63) is 65.9 Å². The summed E-state index contributed by atoms with van der Waals surface area (Å²) in [5, 5.41) is 25.5. The number of carbonyl (C=O) groups excluding carboxylic acids is 3. The molecule has 1 fully saturated rings. The first kappa shape index (κ1) is 32.8. The molecule has 2 aromatic carbocycles. The molecule has 3 amide bonds. The number of nitrogens with two attached hydrogens (primary N) is 3. The summed E-state index contributed by atoms with van der Waals surface area (Å²) in [6.45, 7) is 0.471. The summed E-state index contributed by atoms with van der Waals surface area (Å²) in [6.07, 6.45) is 3.37. The van der Waals surface area contributed by atoms with Crippen LogP contribution in [0.3, 0.4) is 0 Å². The third-order valence-electron chi connectivity index (χ3n) is 7.84. The van der Waals surface area contributed by atoms with Crippen LogP contribution in [-0.4, -0.2) is 87.0 Å². The molecule has 1 saturated heterocycles. The van der Waals surface area contributed by atoms with Gasteiger partial charge in [-0.1, -0.05) is 30.3 Å². The van der Waals surface area contributed by atoms with Gasteiger partial charge in [0.25, 0.3) is 0 Å². The molecule has 0 saturated carbocycles. The second-order valence-corrected chi connectivity index (χ2v) is 11.1. The number of para-hydroxylation sites is 1. The molecule has 14 nitrogen and oxygen atoms in total. The van der Waals surface area contributed by atoms with E-state index in [0.29, 0.717) is 19.3 Å². The molecule has 0 radical (unpaired) electrons. The highest BCUT2D eigenvalue weighted by atomic mass is 16.4. The van der Waals surface area contributed by atoms with Gasteiger partial charge < -0.3 is 47.9 Å². The van der Waals surface area contributed by atoms with E-state index in [1.54, 1.807) is 18.3 Å². The number of likely N-dealkylation sites (tertiary alicyclic amines) is 1. The maximum atomic E-state index is 14.1. The number of phenols is 1. The highest BCUT2D eigenvalue weighted by molar-refractivity contribution is 5.95. The van der Waals surface area contributed by atoms with E-state index in [1.807, 2.05) is 24.3 Å². The first-order chi connectivity index (χ1) is 21.5. The standard InChI is InChI=1S/C31H40N8O6/c32-22(15-18-9-11-20(40)12-10-18)27(41)38-25(16-19-17-36-23-6-2-1-5-21(19)23)29(43)39-14-4-8-26(39)28(42)37-24(30(44)45)7-3-13-35-31(33)34/h1-2,5-6,9-12,17,22,24-26,36,40H,3-4,7-8,13-16,32H2,(H,37,42)(H,38,41)(H,44,45)(H4,33,34,35). The number of rotatable bonds is 14. The number of hydrogen-bond acceptors (Lipinski definition) is 7. The van der Waals surface area contributed by atoms with Crippen LogP contribution in [0.2, 0.25) is 0 Å². The largest absolute Gasteiger partial charge is 0.508 e. The first-order valence-electron chi connectivity index (χ1n) is 14.8. The number of amides is 3. The fourth-order valence-electron chi connectivity index (χ4n) is 5.51. The molecule has 3 aromatic rings. The number of fused-ring (bicyclic) bond motifs is 1. The van der Waals surface area contributed by atoms with Crippen molar-refractivity contribution in [2.24, 2.45) is 22.2 Å². The first-order valence-corrected chi connectivity index (χ1v) is 14.8. The van der Waals surface area contributed by atoms with Crippen molar-refractivity contribution in [3.8, 4) is 5.75 Å². The molecule has 11 N–H and O–H groups in total. The zero-order valence-corrected chi connectivity index (χ0v) is 24.8. The molecule has 1 aliphatic rings. The number of hydrogen-bond donors (Lipinski definition) is 8.